The Labute approximate surface area is 129 Å². The lowest BCUT2D eigenvalue weighted by Crippen LogP contribution is -2.39. The van der Waals surface area contributed by atoms with E-state index < -0.39 is 0 Å². The van der Waals surface area contributed by atoms with Crippen molar-refractivity contribution in [1.82, 2.24) is 9.80 Å². The first-order valence-corrected chi connectivity index (χ1v) is 7.59. The van der Waals surface area contributed by atoms with Gasteiger partial charge in [0.1, 0.15) is 13.1 Å². The standard InChI is InChI=1S/C16H19N3O3/c1-2-11-5-3-4-6-13(11)17-14(20)9-19-15(21)10-18(16(19)22)12-7-8-12/h3-6,12H,2,7-10H2,1H3,(H,17,20). The number of para-hydroxylation sites is 1. The smallest absolute Gasteiger partial charge is 0.324 e. The maximum absolute atomic E-state index is 12.2. The predicted molar refractivity (Wildman–Crippen MR) is 81.3 cm³/mol. The summed E-state index contributed by atoms with van der Waals surface area (Å²) in [6.45, 7) is 1.88. The molecule has 0 radical (unpaired) electrons. The van der Waals surface area contributed by atoms with E-state index in [9.17, 15) is 14.4 Å². The molecule has 1 N–H and O–H groups in total. The zero-order valence-electron chi connectivity index (χ0n) is 12.5. The summed E-state index contributed by atoms with van der Waals surface area (Å²) in [6, 6.07) is 7.36. The van der Waals surface area contributed by atoms with Gasteiger partial charge >= 0.3 is 6.03 Å². The number of aryl methyl sites for hydroxylation is 1. The molecule has 1 heterocycles. The Morgan fingerprint density at radius 2 is 2.00 bits per heavy atom. The molecule has 4 amide bonds. The summed E-state index contributed by atoms with van der Waals surface area (Å²) >= 11 is 0. The monoisotopic (exact) mass is 301 g/mol. The van der Waals surface area contributed by atoms with Crippen LogP contribution < -0.4 is 5.32 Å². The van der Waals surface area contributed by atoms with E-state index in [0.29, 0.717) is 0 Å². The molecule has 3 rings (SSSR count). The third kappa shape index (κ3) is 2.81. The first kappa shape index (κ1) is 14.6. The lowest BCUT2D eigenvalue weighted by atomic mass is 10.1. The molecule has 6 nitrogen and oxygen atoms in total. The van der Waals surface area contributed by atoms with Crippen LogP contribution in [0.15, 0.2) is 24.3 Å². The number of amides is 4. The summed E-state index contributed by atoms with van der Waals surface area (Å²) in [5, 5.41) is 2.79. The zero-order valence-corrected chi connectivity index (χ0v) is 12.5. The number of carbonyl (C=O) groups excluding carboxylic acids is 3. The first-order chi connectivity index (χ1) is 10.6. The molecule has 22 heavy (non-hydrogen) atoms. The quantitative estimate of drug-likeness (QED) is 0.840. The molecule has 0 aromatic heterocycles. The molecule has 1 saturated heterocycles. The fourth-order valence-corrected chi connectivity index (χ4v) is 2.67. The van der Waals surface area contributed by atoms with E-state index in [4.69, 9.17) is 0 Å². The molecule has 1 aromatic rings. The normalized spacial score (nSPS) is 18.0. The topological polar surface area (TPSA) is 69.7 Å². The number of anilines is 1. The van der Waals surface area contributed by atoms with Crippen molar-refractivity contribution in [2.24, 2.45) is 0 Å². The molecular formula is C16H19N3O3. The minimum Gasteiger partial charge on any atom is -0.324 e. The molecule has 1 aliphatic carbocycles. The first-order valence-electron chi connectivity index (χ1n) is 7.59. The van der Waals surface area contributed by atoms with Crippen molar-refractivity contribution in [2.75, 3.05) is 18.4 Å². The Morgan fingerprint density at radius 3 is 2.68 bits per heavy atom. The van der Waals surface area contributed by atoms with Gasteiger partial charge in [-0.1, -0.05) is 25.1 Å². The number of benzene rings is 1. The van der Waals surface area contributed by atoms with E-state index in [0.717, 1.165) is 35.4 Å². The third-order valence-electron chi connectivity index (χ3n) is 4.04. The van der Waals surface area contributed by atoms with Gasteiger partial charge < -0.3 is 10.2 Å². The van der Waals surface area contributed by atoms with Gasteiger partial charge in [-0.25, -0.2) is 4.79 Å². The van der Waals surface area contributed by atoms with Crippen molar-refractivity contribution >= 4 is 23.5 Å². The second-order valence-electron chi connectivity index (χ2n) is 5.68. The summed E-state index contributed by atoms with van der Waals surface area (Å²) in [6.07, 6.45) is 2.69. The number of rotatable bonds is 5. The molecular weight excluding hydrogens is 282 g/mol. The van der Waals surface area contributed by atoms with Gasteiger partial charge in [-0.05, 0) is 30.9 Å². The van der Waals surface area contributed by atoms with Gasteiger partial charge in [-0.3, -0.25) is 14.5 Å². The van der Waals surface area contributed by atoms with Crippen molar-refractivity contribution < 1.29 is 14.4 Å². The van der Waals surface area contributed by atoms with E-state index in [1.165, 1.54) is 0 Å². The molecule has 1 saturated carbocycles. The largest absolute Gasteiger partial charge is 0.327 e. The summed E-state index contributed by atoms with van der Waals surface area (Å²) in [5.74, 6) is -0.643. The van der Waals surface area contributed by atoms with E-state index in [2.05, 4.69) is 5.32 Å². The number of nitrogens with one attached hydrogen (secondary N) is 1. The molecule has 0 atom stereocenters. The van der Waals surface area contributed by atoms with Gasteiger partial charge in [-0.15, -0.1) is 0 Å². The average Bonchev–Trinajstić information content (AvgIpc) is 3.30. The maximum Gasteiger partial charge on any atom is 0.327 e. The Hall–Kier alpha value is -2.37. The number of hydrogen-bond donors (Lipinski definition) is 1. The Bertz CT molecular complexity index is 625. The van der Waals surface area contributed by atoms with Crippen LogP contribution in [0, 0.1) is 0 Å². The predicted octanol–water partition coefficient (Wildman–Crippen LogP) is 1.61. The van der Waals surface area contributed by atoms with Crippen molar-refractivity contribution in [3.05, 3.63) is 29.8 Å². The SMILES string of the molecule is CCc1ccccc1NC(=O)CN1C(=O)CN(C2CC2)C1=O. The van der Waals surface area contributed by atoms with Gasteiger partial charge in [-0.2, -0.15) is 0 Å². The average molecular weight is 301 g/mol. The number of carbonyl (C=O) groups is 3. The Morgan fingerprint density at radius 1 is 1.27 bits per heavy atom. The molecule has 0 unspecified atom stereocenters. The van der Waals surface area contributed by atoms with Crippen molar-refractivity contribution in [3.63, 3.8) is 0 Å². The van der Waals surface area contributed by atoms with E-state index in [1.807, 2.05) is 31.2 Å². The number of imide groups is 1. The molecule has 0 bridgehead atoms. The molecule has 6 heteroatoms. The second kappa shape index (κ2) is 5.79. The van der Waals surface area contributed by atoms with Crippen LogP contribution in [0.25, 0.3) is 0 Å². The van der Waals surface area contributed by atoms with Crippen LogP contribution in [0.3, 0.4) is 0 Å². The van der Waals surface area contributed by atoms with E-state index in [-0.39, 0.29) is 37.0 Å². The van der Waals surface area contributed by atoms with Crippen LogP contribution in [0.2, 0.25) is 0 Å². The summed E-state index contributed by atoms with van der Waals surface area (Å²) < 4.78 is 0. The molecule has 1 aromatic carbocycles. The molecule has 1 aliphatic heterocycles. The molecule has 116 valence electrons. The minimum absolute atomic E-state index is 0.0995. The van der Waals surface area contributed by atoms with Crippen LogP contribution >= 0.6 is 0 Å². The van der Waals surface area contributed by atoms with Crippen molar-refractivity contribution in [2.45, 2.75) is 32.2 Å². The zero-order chi connectivity index (χ0) is 15.7. The Kier molecular flexibility index (Phi) is 3.83. The fraction of sp³-hybridized carbons (Fsp3) is 0.438. The Balaban J connectivity index is 1.64. The molecule has 2 aliphatic rings. The maximum atomic E-state index is 12.2. The third-order valence-corrected chi connectivity index (χ3v) is 4.04. The number of nitrogens with zero attached hydrogens (tertiary/aromatic N) is 2. The van der Waals surface area contributed by atoms with Gasteiger partial charge in [0, 0.05) is 11.7 Å². The van der Waals surface area contributed by atoms with Gasteiger partial charge in [0.15, 0.2) is 0 Å². The summed E-state index contributed by atoms with van der Waals surface area (Å²) in [5.41, 5.74) is 1.75. The fourth-order valence-electron chi connectivity index (χ4n) is 2.67. The van der Waals surface area contributed by atoms with Gasteiger partial charge in [0.2, 0.25) is 5.91 Å². The minimum atomic E-state index is -0.347. The van der Waals surface area contributed by atoms with Gasteiger partial charge in [0.05, 0.1) is 0 Å². The highest BCUT2D eigenvalue weighted by atomic mass is 16.2. The van der Waals surface area contributed by atoms with Crippen LogP contribution in [0.5, 0.6) is 0 Å². The highest BCUT2D eigenvalue weighted by molar-refractivity contribution is 6.06. The van der Waals surface area contributed by atoms with Crippen LogP contribution in [0.1, 0.15) is 25.3 Å². The van der Waals surface area contributed by atoms with Gasteiger partial charge in [0.25, 0.3) is 5.91 Å². The van der Waals surface area contributed by atoms with E-state index >= 15 is 0 Å². The molecule has 0 spiro atoms. The van der Waals surface area contributed by atoms with Crippen molar-refractivity contribution in [1.29, 1.82) is 0 Å². The van der Waals surface area contributed by atoms with E-state index in [1.54, 1.807) is 4.90 Å². The van der Waals surface area contributed by atoms with Crippen molar-refractivity contribution in [3.8, 4) is 0 Å². The number of urea groups is 1. The van der Waals surface area contributed by atoms with Crippen LogP contribution in [0.4, 0.5) is 10.5 Å². The summed E-state index contributed by atoms with van der Waals surface area (Å²) in [4.78, 5) is 38.8. The van der Waals surface area contributed by atoms with Crippen LogP contribution in [-0.4, -0.2) is 46.8 Å². The second-order valence-corrected chi connectivity index (χ2v) is 5.68. The molecule has 2 fully saturated rings. The lowest BCUT2D eigenvalue weighted by molar-refractivity contribution is -0.129. The van der Waals surface area contributed by atoms with Crippen LogP contribution in [-0.2, 0) is 16.0 Å². The lowest BCUT2D eigenvalue weighted by Gasteiger charge is -2.16. The number of hydrogen-bond acceptors (Lipinski definition) is 3. The summed E-state index contributed by atoms with van der Waals surface area (Å²) in [7, 11) is 0. The highest BCUT2D eigenvalue weighted by Crippen LogP contribution is 2.30. The highest BCUT2D eigenvalue weighted by Gasteiger charge is 2.44.